The van der Waals surface area contributed by atoms with Crippen LogP contribution < -0.4 is 5.32 Å². The summed E-state index contributed by atoms with van der Waals surface area (Å²) in [5.74, 6) is 0.942. The quantitative estimate of drug-likeness (QED) is 0.852. The Kier molecular flexibility index (Phi) is 4.90. The van der Waals surface area contributed by atoms with Crippen LogP contribution in [0.2, 0.25) is 0 Å². The molecule has 0 bridgehead atoms. The molecule has 2 aromatic rings. The van der Waals surface area contributed by atoms with Gasteiger partial charge in [-0.1, -0.05) is 19.8 Å². The van der Waals surface area contributed by atoms with E-state index in [1.54, 1.807) is 0 Å². The van der Waals surface area contributed by atoms with E-state index in [2.05, 4.69) is 39.5 Å². The second-order valence-corrected chi connectivity index (χ2v) is 8.36. The Labute approximate surface area is 152 Å². The zero-order chi connectivity index (χ0) is 17.2. The van der Waals surface area contributed by atoms with E-state index < -0.39 is 0 Å². The van der Waals surface area contributed by atoms with Gasteiger partial charge in [0.25, 0.3) is 0 Å². The molecule has 2 aliphatic rings. The molecule has 1 saturated heterocycles. The van der Waals surface area contributed by atoms with Crippen LogP contribution in [0.3, 0.4) is 0 Å². The number of carbonyl (C=O) groups excluding carboxylic acids is 1. The van der Waals surface area contributed by atoms with Crippen LogP contribution in [0.5, 0.6) is 0 Å². The fraction of sp³-hybridized carbons (Fsp3) is 0.579. The predicted molar refractivity (Wildman–Crippen MR) is 101 cm³/mol. The molecule has 2 aromatic heterocycles. The van der Waals surface area contributed by atoms with Crippen LogP contribution in [0, 0.1) is 0 Å². The van der Waals surface area contributed by atoms with Crippen LogP contribution in [0.4, 0.5) is 5.82 Å². The second-order valence-electron chi connectivity index (χ2n) is 7.16. The number of nitrogens with zero attached hydrogens (tertiary/aromatic N) is 2. The number of carbonyl (C=O) groups is 1. The number of hydrogen-bond acceptors (Lipinski definition) is 4. The van der Waals surface area contributed by atoms with E-state index in [-0.39, 0.29) is 11.8 Å². The minimum atomic E-state index is 0.0676. The van der Waals surface area contributed by atoms with Crippen molar-refractivity contribution in [1.29, 1.82) is 0 Å². The molecule has 2 N–H and O–H groups in total. The molecule has 4 rings (SSSR count). The van der Waals surface area contributed by atoms with Crippen molar-refractivity contribution in [2.24, 2.45) is 0 Å². The highest BCUT2D eigenvalue weighted by atomic mass is 32.1. The lowest BCUT2D eigenvalue weighted by atomic mass is 9.89. The topological polar surface area (TPSA) is 61.0 Å². The van der Waals surface area contributed by atoms with E-state index >= 15 is 0 Å². The van der Waals surface area contributed by atoms with Crippen molar-refractivity contribution in [3.05, 3.63) is 33.1 Å². The van der Waals surface area contributed by atoms with Gasteiger partial charge in [0.05, 0.1) is 0 Å². The number of piperidine rings is 1. The number of anilines is 1. The zero-order valence-corrected chi connectivity index (χ0v) is 15.6. The Morgan fingerprint density at radius 3 is 2.92 bits per heavy atom. The Bertz CT molecular complexity index is 744. The molecule has 1 amide bonds. The summed E-state index contributed by atoms with van der Waals surface area (Å²) in [4.78, 5) is 17.4. The minimum absolute atomic E-state index is 0.0676. The van der Waals surface area contributed by atoms with E-state index in [1.807, 2.05) is 11.3 Å². The largest absolute Gasteiger partial charge is 0.309 e. The summed E-state index contributed by atoms with van der Waals surface area (Å²) in [6.45, 7) is 5.65. The van der Waals surface area contributed by atoms with Crippen molar-refractivity contribution in [3.8, 4) is 0 Å². The van der Waals surface area contributed by atoms with E-state index in [4.69, 9.17) is 0 Å². The van der Waals surface area contributed by atoms with Crippen molar-refractivity contribution in [1.82, 2.24) is 15.1 Å². The number of aryl methyl sites for hydroxylation is 1. The highest BCUT2D eigenvalue weighted by Crippen LogP contribution is 2.41. The summed E-state index contributed by atoms with van der Waals surface area (Å²) in [6.07, 6.45) is 6.57. The van der Waals surface area contributed by atoms with Crippen LogP contribution in [0.1, 0.15) is 66.0 Å². The molecular weight excluding hydrogens is 332 g/mol. The lowest BCUT2D eigenvalue weighted by molar-refractivity contribution is -0.116. The van der Waals surface area contributed by atoms with Crippen LogP contribution in [0.15, 0.2) is 12.1 Å². The first-order chi connectivity index (χ1) is 12.2. The van der Waals surface area contributed by atoms with Crippen LogP contribution >= 0.6 is 11.3 Å². The van der Waals surface area contributed by atoms with Gasteiger partial charge in [-0.05, 0) is 44.5 Å². The maximum atomic E-state index is 12.1. The standard InChI is InChI=1S/C19H26N4OS/c1-2-6-15-18-14(11-17(24)20-19(18)22-21-15)16-8-7-13(25-16)12-23-9-4-3-5-10-23/h7-8,14H,2-6,9-12H2,1H3,(H2,20,21,22,24). The Balaban J connectivity index is 1.57. The van der Waals surface area contributed by atoms with Gasteiger partial charge in [-0.25, -0.2) is 0 Å². The van der Waals surface area contributed by atoms with Gasteiger partial charge in [0.15, 0.2) is 5.82 Å². The molecule has 4 heterocycles. The van der Waals surface area contributed by atoms with Gasteiger partial charge in [0.2, 0.25) is 5.91 Å². The predicted octanol–water partition coefficient (Wildman–Crippen LogP) is 3.88. The lowest BCUT2D eigenvalue weighted by Crippen LogP contribution is -2.28. The molecule has 0 aromatic carbocycles. The number of likely N-dealkylation sites (tertiary alicyclic amines) is 1. The summed E-state index contributed by atoms with van der Waals surface area (Å²) < 4.78 is 0. The molecule has 5 nitrogen and oxygen atoms in total. The van der Waals surface area contributed by atoms with Gasteiger partial charge >= 0.3 is 0 Å². The van der Waals surface area contributed by atoms with E-state index in [1.165, 1.54) is 53.4 Å². The van der Waals surface area contributed by atoms with Gasteiger partial charge in [-0.3, -0.25) is 14.8 Å². The smallest absolute Gasteiger partial charge is 0.226 e. The first-order valence-corrected chi connectivity index (χ1v) is 10.2. The van der Waals surface area contributed by atoms with Crippen LogP contribution in [0.25, 0.3) is 0 Å². The molecule has 1 fully saturated rings. The molecule has 25 heavy (non-hydrogen) atoms. The molecule has 6 heteroatoms. The summed E-state index contributed by atoms with van der Waals surface area (Å²) in [7, 11) is 0. The molecular formula is C19H26N4OS. The molecule has 0 spiro atoms. The molecule has 1 unspecified atom stereocenters. The molecule has 0 aliphatic carbocycles. The summed E-state index contributed by atoms with van der Waals surface area (Å²) in [5, 5.41) is 10.4. The fourth-order valence-electron chi connectivity index (χ4n) is 4.02. The molecule has 134 valence electrons. The number of thiophene rings is 1. The normalized spacial score (nSPS) is 21.2. The third-order valence-corrected chi connectivity index (χ3v) is 6.42. The number of aromatic nitrogens is 2. The number of fused-ring (bicyclic) bond motifs is 1. The van der Waals surface area contributed by atoms with Gasteiger partial charge < -0.3 is 5.32 Å². The third kappa shape index (κ3) is 3.51. The maximum absolute atomic E-state index is 12.1. The number of H-pyrrole nitrogens is 1. The number of aromatic amines is 1. The lowest BCUT2D eigenvalue weighted by Gasteiger charge is -2.25. The molecule has 0 radical (unpaired) electrons. The molecule has 0 saturated carbocycles. The summed E-state index contributed by atoms with van der Waals surface area (Å²) in [6, 6.07) is 4.47. The SMILES string of the molecule is CCCc1[nH]nc2c1C(c1ccc(CN3CCCCC3)s1)CC(=O)N2. The first-order valence-electron chi connectivity index (χ1n) is 9.42. The average Bonchev–Trinajstić information content (AvgIpc) is 3.23. The van der Waals surface area contributed by atoms with Gasteiger partial charge in [0, 0.05) is 39.9 Å². The van der Waals surface area contributed by atoms with Crippen molar-refractivity contribution < 1.29 is 4.79 Å². The molecule has 1 atom stereocenters. The number of hydrogen-bond donors (Lipinski definition) is 2. The van der Waals surface area contributed by atoms with Crippen molar-refractivity contribution in [2.45, 2.75) is 57.9 Å². The van der Waals surface area contributed by atoms with Crippen molar-refractivity contribution in [2.75, 3.05) is 18.4 Å². The Morgan fingerprint density at radius 2 is 2.12 bits per heavy atom. The van der Waals surface area contributed by atoms with Gasteiger partial charge in [-0.2, -0.15) is 5.10 Å². The second kappa shape index (κ2) is 7.30. The Hall–Kier alpha value is -1.66. The maximum Gasteiger partial charge on any atom is 0.226 e. The van der Waals surface area contributed by atoms with Crippen molar-refractivity contribution >= 4 is 23.1 Å². The van der Waals surface area contributed by atoms with Crippen LogP contribution in [-0.4, -0.2) is 34.1 Å². The van der Waals surface area contributed by atoms with E-state index in [0.29, 0.717) is 6.42 Å². The van der Waals surface area contributed by atoms with Gasteiger partial charge in [-0.15, -0.1) is 11.3 Å². The van der Waals surface area contributed by atoms with Crippen molar-refractivity contribution in [3.63, 3.8) is 0 Å². The highest BCUT2D eigenvalue weighted by molar-refractivity contribution is 7.12. The fourth-order valence-corrected chi connectivity index (χ4v) is 5.18. The van der Waals surface area contributed by atoms with Crippen LogP contribution in [-0.2, 0) is 17.8 Å². The summed E-state index contributed by atoms with van der Waals surface area (Å²) in [5.41, 5.74) is 2.38. The van der Waals surface area contributed by atoms with Gasteiger partial charge in [0.1, 0.15) is 0 Å². The minimum Gasteiger partial charge on any atom is -0.309 e. The number of nitrogens with one attached hydrogen (secondary N) is 2. The zero-order valence-electron chi connectivity index (χ0n) is 14.8. The number of amides is 1. The monoisotopic (exact) mass is 358 g/mol. The number of rotatable bonds is 5. The average molecular weight is 359 g/mol. The highest BCUT2D eigenvalue weighted by Gasteiger charge is 2.32. The first kappa shape index (κ1) is 16.8. The Morgan fingerprint density at radius 1 is 1.28 bits per heavy atom. The van der Waals surface area contributed by atoms with E-state index in [9.17, 15) is 4.79 Å². The molecule has 2 aliphatic heterocycles. The summed E-state index contributed by atoms with van der Waals surface area (Å²) >= 11 is 1.87. The third-order valence-electron chi connectivity index (χ3n) is 5.23. The van der Waals surface area contributed by atoms with E-state index in [0.717, 1.165) is 25.2 Å².